The van der Waals surface area contributed by atoms with Gasteiger partial charge in [-0.15, -0.1) is 4.83 Å². The number of rotatable bonds is 6. The van der Waals surface area contributed by atoms with Gasteiger partial charge in [0, 0.05) is 5.56 Å². The van der Waals surface area contributed by atoms with Crippen molar-refractivity contribution in [3.05, 3.63) is 59.1 Å². The Kier molecular flexibility index (Phi) is 5.59. The summed E-state index contributed by atoms with van der Waals surface area (Å²) in [5.74, 6) is 0.0318. The molecule has 1 amide bonds. The number of amides is 1. The minimum atomic E-state index is -3.95. The lowest BCUT2D eigenvalue weighted by Crippen LogP contribution is -2.41. The first-order valence-electron chi connectivity index (χ1n) is 6.73. The predicted molar refractivity (Wildman–Crippen MR) is 86.9 cm³/mol. The van der Waals surface area contributed by atoms with Crippen LogP contribution in [0.15, 0.2) is 53.4 Å². The van der Waals surface area contributed by atoms with Gasteiger partial charge in [0.25, 0.3) is 15.9 Å². The summed E-state index contributed by atoms with van der Waals surface area (Å²) in [6.45, 7) is 2.37. The van der Waals surface area contributed by atoms with Crippen molar-refractivity contribution in [3.8, 4) is 5.75 Å². The van der Waals surface area contributed by atoms with Gasteiger partial charge in [0.05, 0.1) is 11.6 Å². The van der Waals surface area contributed by atoms with Crippen molar-refractivity contribution in [1.29, 1.82) is 0 Å². The van der Waals surface area contributed by atoms with Crippen molar-refractivity contribution in [1.82, 2.24) is 10.3 Å². The van der Waals surface area contributed by atoms with E-state index in [0.29, 0.717) is 12.4 Å². The number of hydrogen-bond donors (Lipinski definition) is 2. The Morgan fingerprint density at radius 2 is 1.78 bits per heavy atom. The van der Waals surface area contributed by atoms with E-state index in [1.807, 2.05) is 11.8 Å². The Hall–Kier alpha value is -2.09. The minimum absolute atomic E-state index is 0.0651. The fraction of sp³-hybridized carbons (Fsp3) is 0.133. The first-order valence-corrected chi connectivity index (χ1v) is 8.59. The Morgan fingerprint density at radius 1 is 1.13 bits per heavy atom. The molecule has 0 aliphatic carbocycles. The molecule has 0 spiro atoms. The van der Waals surface area contributed by atoms with Crippen LogP contribution in [-0.4, -0.2) is 20.9 Å². The Morgan fingerprint density at radius 3 is 2.39 bits per heavy atom. The van der Waals surface area contributed by atoms with Gasteiger partial charge in [-0.2, -0.15) is 0 Å². The zero-order chi connectivity index (χ0) is 16.9. The maximum Gasteiger partial charge on any atom is 0.266 e. The van der Waals surface area contributed by atoms with E-state index in [1.165, 1.54) is 30.3 Å². The maximum atomic E-state index is 12.1. The van der Waals surface area contributed by atoms with Crippen LogP contribution in [0.3, 0.4) is 0 Å². The van der Waals surface area contributed by atoms with Gasteiger partial charge >= 0.3 is 0 Å². The summed E-state index contributed by atoms with van der Waals surface area (Å²) in [5, 5.41) is 0.0651. The summed E-state index contributed by atoms with van der Waals surface area (Å²) in [6, 6.07) is 12.3. The van der Waals surface area contributed by atoms with E-state index < -0.39 is 15.9 Å². The van der Waals surface area contributed by atoms with Crippen molar-refractivity contribution < 1.29 is 17.9 Å². The van der Waals surface area contributed by atoms with Crippen molar-refractivity contribution >= 4 is 27.5 Å². The molecule has 0 saturated heterocycles. The molecule has 0 unspecified atom stereocenters. The number of benzene rings is 2. The van der Waals surface area contributed by atoms with Gasteiger partial charge in [0.1, 0.15) is 10.6 Å². The van der Waals surface area contributed by atoms with Crippen molar-refractivity contribution in [2.45, 2.75) is 11.8 Å². The second-order valence-corrected chi connectivity index (χ2v) is 6.51. The zero-order valence-electron chi connectivity index (χ0n) is 12.2. The molecule has 0 aliphatic rings. The van der Waals surface area contributed by atoms with Crippen LogP contribution >= 0.6 is 11.6 Å². The van der Waals surface area contributed by atoms with Gasteiger partial charge in [-0.05, 0) is 43.3 Å². The van der Waals surface area contributed by atoms with Crippen LogP contribution in [-0.2, 0) is 10.0 Å². The van der Waals surface area contributed by atoms with Crippen LogP contribution < -0.4 is 15.0 Å². The molecule has 2 aromatic rings. The summed E-state index contributed by atoms with van der Waals surface area (Å²) < 4.78 is 29.5. The van der Waals surface area contributed by atoms with E-state index in [0.717, 1.165) is 0 Å². The molecular formula is C15H15ClN2O4S. The van der Waals surface area contributed by atoms with E-state index >= 15 is 0 Å². The topological polar surface area (TPSA) is 84.5 Å². The molecule has 0 aromatic heterocycles. The number of hydrogen-bond acceptors (Lipinski definition) is 4. The molecule has 0 bridgehead atoms. The first-order chi connectivity index (χ1) is 10.9. The van der Waals surface area contributed by atoms with E-state index in [2.05, 4.69) is 5.43 Å². The predicted octanol–water partition coefficient (Wildman–Crippen LogP) is 2.36. The molecule has 2 aromatic carbocycles. The van der Waals surface area contributed by atoms with Gasteiger partial charge in [0.2, 0.25) is 0 Å². The second kappa shape index (κ2) is 7.45. The molecule has 2 N–H and O–H groups in total. The molecule has 0 atom stereocenters. The SMILES string of the molecule is CCOc1ccc(C(=O)NNS(=O)(=O)c2ccccc2Cl)cc1. The highest BCUT2D eigenvalue weighted by Crippen LogP contribution is 2.19. The normalized spacial score (nSPS) is 11.0. The number of carbonyl (C=O) groups excluding carboxylic acids is 1. The first kappa shape index (κ1) is 17.3. The summed E-state index contributed by atoms with van der Waals surface area (Å²) in [6.07, 6.45) is 0. The standard InChI is InChI=1S/C15H15ClN2O4S/c1-2-22-12-9-7-11(8-10-12)15(19)17-18-23(20,21)14-6-4-3-5-13(14)16/h3-10,18H,2H2,1H3,(H,17,19). The number of carbonyl (C=O) groups is 1. The highest BCUT2D eigenvalue weighted by Gasteiger charge is 2.18. The van der Waals surface area contributed by atoms with Crippen LogP contribution in [0.4, 0.5) is 0 Å². The third-order valence-corrected chi connectivity index (χ3v) is 4.60. The summed E-state index contributed by atoms with van der Waals surface area (Å²) in [7, 11) is -3.95. The van der Waals surface area contributed by atoms with Crippen LogP contribution in [0.2, 0.25) is 5.02 Å². The number of sulfonamides is 1. The van der Waals surface area contributed by atoms with Crippen LogP contribution in [0, 0.1) is 0 Å². The summed E-state index contributed by atoms with van der Waals surface area (Å²) in [5.41, 5.74) is 2.43. The Balaban J connectivity index is 2.05. The average molecular weight is 355 g/mol. The molecule has 0 radical (unpaired) electrons. The van der Waals surface area contributed by atoms with Gasteiger partial charge in [-0.3, -0.25) is 10.2 Å². The maximum absolute atomic E-state index is 12.1. The highest BCUT2D eigenvalue weighted by molar-refractivity contribution is 7.89. The third kappa shape index (κ3) is 4.44. The fourth-order valence-corrected chi connectivity index (χ4v) is 3.13. The van der Waals surface area contributed by atoms with E-state index in [9.17, 15) is 13.2 Å². The zero-order valence-corrected chi connectivity index (χ0v) is 13.8. The number of ether oxygens (including phenoxy) is 1. The number of hydrazine groups is 1. The lowest BCUT2D eigenvalue weighted by molar-refractivity contribution is 0.0945. The number of halogens is 1. The Bertz CT molecular complexity index is 791. The van der Waals surface area contributed by atoms with Gasteiger partial charge in [0.15, 0.2) is 0 Å². The monoisotopic (exact) mass is 354 g/mol. The molecule has 122 valence electrons. The van der Waals surface area contributed by atoms with Gasteiger partial charge in [-0.25, -0.2) is 8.42 Å². The van der Waals surface area contributed by atoms with Gasteiger partial charge in [-0.1, -0.05) is 23.7 Å². The highest BCUT2D eigenvalue weighted by atomic mass is 35.5. The fourth-order valence-electron chi connectivity index (χ4n) is 1.77. The molecule has 0 saturated carbocycles. The molecule has 2 rings (SSSR count). The summed E-state index contributed by atoms with van der Waals surface area (Å²) in [4.78, 5) is 13.9. The molecular weight excluding hydrogens is 340 g/mol. The lowest BCUT2D eigenvalue weighted by Gasteiger charge is -2.10. The molecule has 8 heteroatoms. The number of nitrogens with one attached hydrogen (secondary N) is 2. The van der Waals surface area contributed by atoms with E-state index in [-0.39, 0.29) is 15.5 Å². The molecule has 0 aliphatic heterocycles. The quantitative estimate of drug-likeness (QED) is 0.780. The molecule has 0 fully saturated rings. The van der Waals surface area contributed by atoms with Crippen molar-refractivity contribution in [2.24, 2.45) is 0 Å². The van der Waals surface area contributed by atoms with E-state index in [1.54, 1.807) is 18.2 Å². The minimum Gasteiger partial charge on any atom is -0.494 e. The van der Waals surface area contributed by atoms with Crippen molar-refractivity contribution in [2.75, 3.05) is 6.61 Å². The molecule has 23 heavy (non-hydrogen) atoms. The largest absolute Gasteiger partial charge is 0.494 e. The Labute approximate surface area is 139 Å². The van der Waals surface area contributed by atoms with Gasteiger partial charge < -0.3 is 4.74 Å². The summed E-state index contributed by atoms with van der Waals surface area (Å²) >= 11 is 5.84. The third-order valence-electron chi connectivity index (χ3n) is 2.85. The van der Waals surface area contributed by atoms with Crippen LogP contribution in [0.25, 0.3) is 0 Å². The second-order valence-electron chi connectivity index (χ2n) is 4.45. The van der Waals surface area contributed by atoms with Crippen molar-refractivity contribution in [3.63, 3.8) is 0 Å². The smallest absolute Gasteiger partial charge is 0.266 e. The average Bonchev–Trinajstić information content (AvgIpc) is 2.54. The lowest BCUT2D eigenvalue weighted by atomic mass is 10.2. The van der Waals surface area contributed by atoms with E-state index in [4.69, 9.17) is 16.3 Å². The molecule has 6 nitrogen and oxygen atoms in total. The molecule has 0 heterocycles. The van der Waals surface area contributed by atoms with Crippen LogP contribution in [0.1, 0.15) is 17.3 Å². The van der Waals surface area contributed by atoms with Crippen LogP contribution in [0.5, 0.6) is 5.75 Å².